The zero-order chi connectivity index (χ0) is 20.1. The first-order chi connectivity index (χ1) is 13.5. The number of fused-ring (bicyclic) bond motifs is 1. The van der Waals surface area contributed by atoms with Gasteiger partial charge >= 0.3 is 5.69 Å². The zero-order valence-electron chi connectivity index (χ0n) is 15.1. The Labute approximate surface area is 163 Å². The third kappa shape index (κ3) is 4.29. The number of carbonyl (C=O) groups excluding carboxylic acids is 1. The maximum atomic E-state index is 12.2. The first-order valence-corrected chi connectivity index (χ1v) is 9.12. The van der Waals surface area contributed by atoms with Crippen LogP contribution in [0.25, 0.3) is 10.8 Å². The molecule has 0 radical (unpaired) electrons. The van der Waals surface area contributed by atoms with Crippen molar-refractivity contribution in [1.82, 2.24) is 20.6 Å². The summed E-state index contributed by atoms with van der Waals surface area (Å²) in [5.41, 5.74) is 1.81. The molecule has 0 bridgehead atoms. The van der Waals surface area contributed by atoms with Gasteiger partial charge in [-0.15, -0.1) is 0 Å². The van der Waals surface area contributed by atoms with Gasteiger partial charge in [-0.25, -0.2) is 15.3 Å². The number of thioether (sulfide) groups is 1. The molecule has 0 spiro atoms. The number of aromatic nitrogens is 3. The van der Waals surface area contributed by atoms with Crippen molar-refractivity contribution >= 4 is 34.7 Å². The number of ether oxygens (including phenoxy) is 1. The fourth-order valence-corrected chi connectivity index (χ4v) is 3.23. The average molecular weight is 399 g/mol. The number of nitrogens with zero attached hydrogens (tertiary/aromatic N) is 2. The van der Waals surface area contributed by atoms with Crippen LogP contribution in [0.15, 0.2) is 56.1 Å². The molecular weight excluding hydrogens is 382 g/mol. The Morgan fingerprint density at radius 3 is 2.82 bits per heavy atom. The van der Waals surface area contributed by atoms with E-state index in [1.165, 1.54) is 6.21 Å². The second-order valence-electron chi connectivity index (χ2n) is 5.71. The normalized spacial score (nSPS) is 12.2. The standard InChI is InChI=1S/C18H17N5O4S/c1-10(28-17-16(25)20-18(26)23-22-17)15(24)21-19-9-13-12-6-4-3-5-11(12)7-8-14(13)27-2/h3-10H,1-2H3,(H,21,24)(H2,20,23,25,26)/b19-9+. The summed E-state index contributed by atoms with van der Waals surface area (Å²) < 4.78 is 5.38. The summed E-state index contributed by atoms with van der Waals surface area (Å²) in [5, 5.41) is 11.1. The second-order valence-corrected chi connectivity index (χ2v) is 7.04. The quantitative estimate of drug-likeness (QED) is 0.325. The number of hydrogen-bond donors (Lipinski definition) is 3. The van der Waals surface area contributed by atoms with Crippen molar-refractivity contribution in [2.75, 3.05) is 7.11 Å². The maximum absolute atomic E-state index is 12.2. The van der Waals surface area contributed by atoms with E-state index in [0.29, 0.717) is 5.75 Å². The molecule has 1 unspecified atom stereocenters. The SMILES string of the molecule is COc1ccc2ccccc2c1/C=N/NC(=O)C(C)Sc1n[nH]c(=O)[nH]c1=O. The summed E-state index contributed by atoms with van der Waals surface area (Å²) in [6.07, 6.45) is 1.52. The van der Waals surface area contributed by atoms with Crippen LogP contribution in [-0.2, 0) is 4.79 Å². The molecular formula is C18H17N5O4S. The van der Waals surface area contributed by atoms with Crippen molar-refractivity contribution in [1.29, 1.82) is 0 Å². The predicted molar refractivity (Wildman–Crippen MR) is 107 cm³/mol. The van der Waals surface area contributed by atoms with Gasteiger partial charge in [-0.05, 0) is 23.8 Å². The summed E-state index contributed by atoms with van der Waals surface area (Å²) in [5.74, 6) is 0.205. The predicted octanol–water partition coefficient (Wildman–Crippen LogP) is 1.25. The van der Waals surface area contributed by atoms with Crippen molar-refractivity contribution in [2.45, 2.75) is 17.2 Å². The molecule has 3 aromatic rings. The molecule has 1 atom stereocenters. The lowest BCUT2D eigenvalue weighted by Crippen LogP contribution is -2.30. The van der Waals surface area contributed by atoms with Gasteiger partial charge in [0.05, 0.1) is 18.6 Å². The second kappa shape index (κ2) is 8.53. The molecule has 28 heavy (non-hydrogen) atoms. The van der Waals surface area contributed by atoms with Crippen LogP contribution in [-0.4, -0.2) is 39.7 Å². The lowest BCUT2D eigenvalue weighted by molar-refractivity contribution is -0.120. The minimum atomic E-state index is -0.708. The topological polar surface area (TPSA) is 129 Å². The fourth-order valence-electron chi connectivity index (χ4n) is 2.48. The molecule has 0 aliphatic carbocycles. The van der Waals surface area contributed by atoms with Crippen LogP contribution in [0, 0.1) is 0 Å². The summed E-state index contributed by atoms with van der Waals surface area (Å²) in [4.78, 5) is 36.9. The Morgan fingerprint density at radius 2 is 2.07 bits per heavy atom. The molecule has 1 amide bonds. The first-order valence-electron chi connectivity index (χ1n) is 8.24. The minimum Gasteiger partial charge on any atom is -0.496 e. The van der Waals surface area contributed by atoms with Crippen molar-refractivity contribution in [2.24, 2.45) is 5.10 Å². The van der Waals surface area contributed by atoms with Gasteiger partial charge in [0.1, 0.15) is 5.75 Å². The number of benzene rings is 2. The van der Waals surface area contributed by atoms with Crippen molar-refractivity contribution in [3.63, 3.8) is 0 Å². The number of hydrazone groups is 1. The molecule has 2 aromatic carbocycles. The van der Waals surface area contributed by atoms with E-state index in [9.17, 15) is 14.4 Å². The van der Waals surface area contributed by atoms with Gasteiger partial charge in [-0.3, -0.25) is 14.6 Å². The maximum Gasteiger partial charge on any atom is 0.342 e. The third-order valence-electron chi connectivity index (χ3n) is 3.86. The molecule has 0 saturated carbocycles. The molecule has 144 valence electrons. The Morgan fingerprint density at radius 1 is 1.29 bits per heavy atom. The minimum absolute atomic E-state index is 0.0121. The van der Waals surface area contributed by atoms with Crippen LogP contribution in [0.2, 0.25) is 0 Å². The molecule has 0 aliphatic heterocycles. The Balaban J connectivity index is 1.73. The van der Waals surface area contributed by atoms with E-state index in [-0.39, 0.29) is 5.03 Å². The van der Waals surface area contributed by atoms with Gasteiger partial charge in [0.15, 0.2) is 5.03 Å². The fraction of sp³-hybridized carbons (Fsp3) is 0.167. The van der Waals surface area contributed by atoms with Crippen LogP contribution in [0.3, 0.4) is 0 Å². The Hall–Kier alpha value is -3.40. The van der Waals surface area contributed by atoms with Crippen LogP contribution in [0.4, 0.5) is 0 Å². The average Bonchev–Trinajstić information content (AvgIpc) is 2.69. The third-order valence-corrected chi connectivity index (χ3v) is 4.92. The zero-order valence-corrected chi connectivity index (χ0v) is 15.9. The number of aromatic amines is 2. The summed E-state index contributed by atoms with van der Waals surface area (Å²) in [6.45, 7) is 1.60. The Kier molecular flexibility index (Phi) is 5.90. The van der Waals surface area contributed by atoms with E-state index in [1.54, 1.807) is 14.0 Å². The number of rotatable bonds is 6. The van der Waals surface area contributed by atoms with E-state index in [1.807, 2.05) is 36.4 Å². The highest BCUT2D eigenvalue weighted by Gasteiger charge is 2.17. The Bertz CT molecular complexity index is 1150. The van der Waals surface area contributed by atoms with Crippen LogP contribution >= 0.6 is 11.8 Å². The first kappa shape index (κ1) is 19.4. The highest BCUT2D eigenvalue weighted by molar-refractivity contribution is 8.00. The van der Waals surface area contributed by atoms with Crippen molar-refractivity contribution < 1.29 is 9.53 Å². The van der Waals surface area contributed by atoms with Gasteiger partial charge < -0.3 is 4.74 Å². The number of nitrogens with one attached hydrogen (secondary N) is 3. The number of amides is 1. The van der Waals surface area contributed by atoms with Gasteiger partial charge in [-0.2, -0.15) is 10.2 Å². The monoisotopic (exact) mass is 399 g/mol. The molecule has 0 aliphatic rings. The molecule has 1 aromatic heterocycles. The molecule has 10 heteroatoms. The van der Waals surface area contributed by atoms with Crippen LogP contribution < -0.4 is 21.4 Å². The highest BCUT2D eigenvalue weighted by Crippen LogP contribution is 2.26. The molecule has 3 rings (SSSR count). The molecule has 9 nitrogen and oxygen atoms in total. The summed E-state index contributed by atoms with van der Waals surface area (Å²) in [6, 6.07) is 11.5. The number of carbonyl (C=O) groups is 1. The van der Waals surface area contributed by atoms with Crippen LogP contribution in [0.5, 0.6) is 5.75 Å². The molecule has 1 heterocycles. The van der Waals surface area contributed by atoms with E-state index >= 15 is 0 Å². The van der Waals surface area contributed by atoms with Gasteiger partial charge in [0, 0.05) is 5.56 Å². The van der Waals surface area contributed by atoms with Crippen molar-refractivity contribution in [3.05, 3.63) is 62.8 Å². The lowest BCUT2D eigenvalue weighted by atomic mass is 10.0. The van der Waals surface area contributed by atoms with Crippen LogP contribution in [0.1, 0.15) is 12.5 Å². The smallest absolute Gasteiger partial charge is 0.342 e. The summed E-state index contributed by atoms with van der Waals surface area (Å²) in [7, 11) is 1.56. The summed E-state index contributed by atoms with van der Waals surface area (Å²) >= 11 is 0.908. The van der Waals surface area contributed by atoms with Crippen molar-refractivity contribution in [3.8, 4) is 5.75 Å². The number of hydrogen-bond acceptors (Lipinski definition) is 7. The van der Waals surface area contributed by atoms with E-state index in [4.69, 9.17) is 4.74 Å². The highest BCUT2D eigenvalue weighted by atomic mass is 32.2. The lowest BCUT2D eigenvalue weighted by Gasteiger charge is -2.09. The van der Waals surface area contributed by atoms with E-state index < -0.39 is 22.4 Å². The van der Waals surface area contributed by atoms with Gasteiger partial charge in [0.2, 0.25) is 0 Å². The number of methoxy groups -OCH3 is 1. The molecule has 0 fully saturated rings. The van der Waals surface area contributed by atoms with Gasteiger partial charge in [-0.1, -0.05) is 42.1 Å². The van der Waals surface area contributed by atoms with E-state index in [0.717, 1.165) is 28.1 Å². The van der Waals surface area contributed by atoms with E-state index in [2.05, 4.69) is 25.7 Å². The molecule has 0 saturated heterocycles. The number of H-pyrrole nitrogens is 2. The molecule has 3 N–H and O–H groups in total. The largest absolute Gasteiger partial charge is 0.496 e. The van der Waals surface area contributed by atoms with Gasteiger partial charge in [0.25, 0.3) is 11.5 Å².